The first kappa shape index (κ1) is 18.7. The van der Waals surface area contributed by atoms with Crippen molar-refractivity contribution in [3.63, 3.8) is 0 Å². The highest BCUT2D eigenvalue weighted by molar-refractivity contribution is 5.92. The topological polar surface area (TPSA) is 69.6 Å². The van der Waals surface area contributed by atoms with Gasteiger partial charge in [0.15, 0.2) is 0 Å². The number of nitrogens with zero attached hydrogens (tertiary/aromatic N) is 1. The van der Waals surface area contributed by atoms with Gasteiger partial charge in [-0.2, -0.15) is 0 Å². The van der Waals surface area contributed by atoms with E-state index in [9.17, 15) is 14.7 Å². The third-order valence-electron chi connectivity index (χ3n) is 3.96. The van der Waals surface area contributed by atoms with Crippen LogP contribution >= 0.6 is 0 Å². The molecule has 0 heterocycles. The fourth-order valence-corrected chi connectivity index (χ4v) is 2.58. The van der Waals surface area contributed by atoms with Gasteiger partial charge in [0, 0.05) is 37.7 Å². The number of hydrogen-bond acceptors (Lipinski definition) is 3. The molecule has 2 N–H and O–H groups in total. The molecule has 0 aliphatic carbocycles. The van der Waals surface area contributed by atoms with Crippen LogP contribution in [0.15, 0.2) is 54.6 Å². The minimum Gasteiger partial charge on any atom is -0.389 e. The number of benzene rings is 2. The summed E-state index contributed by atoms with van der Waals surface area (Å²) in [6.07, 6.45) is -0.469. The average molecular weight is 340 g/mol. The van der Waals surface area contributed by atoms with Gasteiger partial charge >= 0.3 is 0 Å². The molecule has 0 saturated heterocycles. The lowest BCUT2D eigenvalue weighted by molar-refractivity contribution is -0.129. The number of rotatable bonds is 7. The minimum absolute atomic E-state index is 0.0685. The third-order valence-corrected chi connectivity index (χ3v) is 3.96. The Labute approximate surface area is 148 Å². The number of nitrogens with one attached hydrogen (secondary N) is 1. The van der Waals surface area contributed by atoms with Crippen LogP contribution in [0.3, 0.4) is 0 Å². The average Bonchev–Trinajstić information content (AvgIpc) is 2.59. The van der Waals surface area contributed by atoms with Crippen molar-refractivity contribution in [1.82, 2.24) is 4.90 Å². The summed E-state index contributed by atoms with van der Waals surface area (Å²) in [6.45, 7) is 3.98. The highest BCUT2D eigenvalue weighted by atomic mass is 16.3. The molecule has 0 saturated carbocycles. The molecular weight excluding hydrogens is 316 g/mol. The summed E-state index contributed by atoms with van der Waals surface area (Å²) in [5.41, 5.74) is 2.29. The molecule has 5 nitrogen and oxygen atoms in total. The van der Waals surface area contributed by atoms with Crippen molar-refractivity contribution in [1.29, 1.82) is 0 Å². The molecule has 0 spiro atoms. The molecule has 2 rings (SSSR count). The molecule has 2 aromatic carbocycles. The molecule has 25 heavy (non-hydrogen) atoms. The fourth-order valence-electron chi connectivity index (χ4n) is 2.58. The van der Waals surface area contributed by atoms with E-state index in [4.69, 9.17) is 0 Å². The first-order valence-corrected chi connectivity index (χ1v) is 8.33. The van der Waals surface area contributed by atoms with Crippen LogP contribution in [0, 0.1) is 0 Å². The van der Waals surface area contributed by atoms with Crippen molar-refractivity contribution >= 4 is 17.5 Å². The zero-order valence-electron chi connectivity index (χ0n) is 14.6. The quantitative estimate of drug-likeness (QED) is 0.814. The number of hydrogen-bond donors (Lipinski definition) is 2. The fraction of sp³-hybridized carbons (Fsp3) is 0.300. The Morgan fingerprint density at radius 2 is 1.72 bits per heavy atom. The SMILES string of the molecule is CC(=O)N(CCC(=O)Nc1ccccc1C(C)O)Cc1ccccc1. The van der Waals surface area contributed by atoms with Crippen molar-refractivity contribution in [2.45, 2.75) is 32.9 Å². The summed E-state index contributed by atoms with van der Waals surface area (Å²) in [7, 11) is 0. The van der Waals surface area contributed by atoms with Gasteiger partial charge in [0.2, 0.25) is 11.8 Å². The second-order valence-corrected chi connectivity index (χ2v) is 5.99. The van der Waals surface area contributed by atoms with Gasteiger partial charge in [-0.1, -0.05) is 48.5 Å². The molecule has 2 amide bonds. The van der Waals surface area contributed by atoms with Crippen LogP contribution < -0.4 is 5.32 Å². The third kappa shape index (κ3) is 5.72. The Morgan fingerprint density at radius 3 is 2.36 bits per heavy atom. The molecular formula is C20H24N2O3. The van der Waals surface area contributed by atoms with Gasteiger partial charge in [0.25, 0.3) is 0 Å². The zero-order valence-corrected chi connectivity index (χ0v) is 14.6. The van der Waals surface area contributed by atoms with Crippen molar-refractivity contribution in [3.8, 4) is 0 Å². The highest BCUT2D eigenvalue weighted by Gasteiger charge is 2.14. The smallest absolute Gasteiger partial charge is 0.226 e. The molecule has 0 aliphatic heterocycles. The normalized spacial score (nSPS) is 11.6. The molecule has 1 unspecified atom stereocenters. The second kappa shape index (κ2) is 8.99. The summed E-state index contributed by atoms with van der Waals surface area (Å²) >= 11 is 0. The van der Waals surface area contributed by atoms with Gasteiger partial charge in [-0.05, 0) is 18.6 Å². The van der Waals surface area contributed by atoms with Crippen molar-refractivity contribution in [2.75, 3.05) is 11.9 Å². The Morgan fingerprint density at radius 1 is 1.08 bits per heavy atom. The number of aliphatic hydroxyl groups excluding tert-OH is 1. The van der Waals surface area contributed by atoms with Gasteiger partial charge in [-0.3, -0.25) is 9.59 Å². The maximum Gasteiger partial charge on any atom is 0.226 e. The van der Waals surface area contributed by atoms with E-state index in [2.05, 4.69) is 5.32 Å². The van der Waals surface area contributed by atoms with Gasteiger partial charge in [0.05, 0.1) is 6.10 Å². The molecule has 1 atom stereocenters. The lowest BCUT2D eigenvalue weighted by atomic mass is 10.1. The van der Waals surface area contributed by atoms with E-state index in [0.29, 0.717) is 24.3 Å². The molecule has 0 fully saturated rings. The maximum atomic E-state index is 12.2. The lowest BCUT2D eigenvalue weighted by Gasteiger charge is -2.21. The van der Waals surface area contributed by atoms with Gasteiger partial charge in [0.1, 0.15) is 0 Å². The standard InChI is InChI=1S/C20H24N2O3/c1-15(23)18-10-6-7-11-19(18)21-20(25)12-13-22(16(2)24)14-17-8-4-3-5-9-17/h3-11,15,23H,12-14H2,1-2H3,(H,21,25). The molecule has 2 aromatic rings. The predicted octanol–water partition coefficient (Wildman–Crippen LogP) is 3.12. The minimum atomic E-state index is -0.664. The van der Waals surface area contributed by atoms with E-state index in [0.717, 1.165) is 5.56 Å². The summed E-state index contributed by atoms with van der Waals surface area (Å²) in [4.78, 5) is 25.7. The Hall–Kier alpha value is -2.66. The van der Waals surface area contributed by atoms with E-state index in [1.807, 2.05) is 36.4 Å². The number of amides is 2. The Balaban J connectivity index is 1.94. The summed E-state index contributed by atoms with van der Waals surface area (Å²) in [5.74, 6) is -0.256. The van der Waals surface area contributed by atoms with Gasteiger partial charge in [-0.15, -0.1) is 0 Å². The summed E-state index contributed by atoms with van der Waals surface area (Å²) in [5, 5.41) is 12.6. The monoisotopic (exact) mass is 340 g/mol. The number of para-hydroxylation sites is 1. The first-order valence-electron chi connectivity index (χ1n) is 8.33. The number of carbonyl (C=O) groups excluding carboxylic acids is 2. The molecule has 0 aliphatic rings. The van der Waals surface area contributed by atoms with Gasteiger partial charge in [-0.25, -0.2) is 0 Å². The van der Waals surface area contributed by atoms with E-state index in [1.165, 1.54) is 6.92 Å². The van der Waals surface area contributed by atoms with Crippen molar-refractivity contribution < 1.29 is 14.7 Å². The van der Waals surface area contributed by atoms with Crippen molar-refractivity contribution in [2.24, 2.45) is 0 Å². The van der Waals surface area contributed by atoms with Crippen LogP contribution in [0.2, 0.25) is 0 Å². The maximum absolute atomic E-state index is 12.2. The lowest BCUT2D eigenvalue weighted by Crippen LogP contribution is -2.31. The van der Waals surface area contributed by atoms with Gasteiger partial charge < -0.3 is 15.3 Å². The Bertz CT molecular complexity index is 714. The van der Waals surface area contributed by atoms with E-state index < -0.39 is 6.10 Å². The van der Waals surface area contributed by atoms with Crippen LogP contribution in [0.25, 0.3) is 0 Å². The number of carbonyl (C=O) groups is 2. The highest BCUT2D eigenvalue weighted by Crippen LogP contribution is 2.22. The molecule has 0 aromatic heterocycles. The molecule has 0 radical (unpaired) electrons. The molecule has 0 bridgehead atoms. The zero-order chi connectivity index (χ0) is 18.2. The first-order chi connectivity index (χ1) is 12.0. The van der Waals surface area contributed by atoms with Crippen LogP contribution in [-0.2, 0) is 16.1 Å². The van der Waals surface area contributed by atoms with Crippen LogP contribution in [-0.4, -0.2) is 28.4 Å². The summed E-state index contributed by atoms with van der Waals surface area (Å²) < 4.78 is 0. The summed E-state index contributed by atoms with van der Waals surface area (Å²) in [6, 6.07) is 16.8. The number of aliphatic hydroxyl groups is 1. The second-order valence-electron chi connectivity index (χ2n) is 5.99. The molecule has 132 valence electrons. The van der Waals surface area contributed by atoms with Crippen LogP contribution in [0.4, 0.5) is 5.69 Å². The van der Waals surface area contributed by atoms with Crippen LogP contribution in [0.5, 0.6) is 0 Å². The number of anilines is 1. The molecule has 5 heteroatoms. The van der Waals surface area contributed by atoms with Crippen LogP contribution in [0.1, 0.15) is 37.5 Å². The van der Waals surface area contributed by atoms with E-state index in [-0.39, 0.29) is 18.2 Å². The predicted molar refractivity (Wildman–Crippen MR) is 97.9 cm³/mol. The van der Waals surface area contributed by atoms with Crippen molar-refractivity contribution in [3.05, 3.63) is 65.7 Å². The van der Waals surface area contributed by atoms with E-state index in [1.54, 1.807) is 30.0 Å². The largest absolute Gasteiger partial charge is 0.389 e. The Kier molecular flexibility index (Phi) is 6.71. The van der Waals surface area contributed by atoms with E-state index >= 15 is 0 Å².